The Hall–Kier alpha value is -0.610. The van der Waals surface area contributed by atoms with Crippen LogP contribution in [0.5, 0.6) is 0 Å². The molecule has 0 aromatic heterocycles. The maximum Gasteiger partial charge on any atom is 0.237 e. The molecule has 100 valence electrons. The van der Waals surface area contributed by atoms with Gasteiger partial charge >= 0.3 is 0 Å². The Balaban J connectivity index is 2.39. The third-order valence-electron chi connectivity index (χ3n) is 3.51. The highest BCUT2D eigenvalue weighted by molar-refractivity contribution is 5.81. The lowest BCUT2D eigenvalue weighted by Crippen LogP contribution is -2.50. The van der Waals surface area contributed by atoms with Crippen LogP contribution >= 0.6 is 0 Å². The molecule has 4 heteroatoms. The van der Waals surface area contributed by atoms with E-state index in [2.05, 4.69) is 22.5 Å². The van der Waals surface area contributed by atoms with E-state index in [4.69, 9.17) is 0 Å². The lowest BCUT2D eigenvalue weighted by atomic mass is 9.96. The minimum Gasteiger partial charge on any atom is -0.355 e. The van der Waals surface area contributed by atoms with Crippen molar-refractivity contribution < 1.29 is 4.79 Å². The zero-order chi connectivity index (χ0) is 12.7. The fraction of sp³-hybridized carbons (Fsp3) is 0.923. The summed E-state index contributed by atoms with van der Waals surface area (Å²) < 4.78 is 0. The first-order valence-corrected chi connectivity index (χ1v) is 6.91. The summed E-state index contributed by atoms with van der Waals surface area (Å²) in [5.74, 6) is 0.858. The Labute approximate surface area is 105 Å². The molecule has 0 bridgehead atoms. The van der Waals surface area contributed by atoms with Crippen molar-refractivity contribution in [3.63, 3.8) is 0 Å². The van der Waals surface area contributed by atoms with E-state index in [1.165, 1.54) is 12.8 Å². The van der Waals surface area contributed by atoms with Crippen molar-refractivity contribution in [2.24, 2.45) is 5.92 Å². The molecule has 1 fully saturated rings. The molecule has 2 unspecified atom stereocenters. The molecule has 0 radical (unpaired) electrons. The molecule has 17 heavy (non-hydrogen) atoms. The van der Waals surface area contributed by atoms with E-state index >= 15 is 0 Å². The molecular weight excluding hydrogens is 214 g/mol. The van der Waals surface area contributed by atoms with E-state index < -0.39 is 0 Å². The van der Waals surface area contributed by atoms with Crippen LogP contribution in [-0.2, 0) is 4.79 Å². The fourth-order valence-electron chi connectivity index (χ4n) is 2.45. The van der Waals surface area contributed by atoms with E-state index in [1.807, 2.05) is 13.8 Å². The van der Waals surface area contributed by atoms with Gasteiger partial charge in [0.25, 0.3) is 0 Å². The molecule has 0 saturated carbocycles. The summed E-state index contributed by atoms with van der Waals surface area (Å²) >= 11 is 0. The Bertz CT molecular complexity index is 233. The van der Waals surface area contributed by atoms with Crippen molar-refractivity contribution in [3.8, 4) is 0 Å². The monoisotopic (exact) mass is 241 g/mol. The van der Waals surface area contributed by atoms with Crippen molar-refractivity contribution in [2.45, 2.75) is 39.7 Å². The summed E-state index contributed by atoms with van der Waals surface area (Å²) in [6.45, 7) is 11.1. The smallest absolute Gasteiger partial charge is 0.237 e. The molecule has 0 spiro atoms. The summed E-state index contributed by atoms with van der Waals surface area (Å²) in [5, 5.41) is 6.31. The van der Waals surface area contributed by atoms with Crippen LogP contribution in [0.4, 0.5) is 0 Å². The molecule has 0 aromatic rings. The van der Waals surface area contributed by atoms with E-state index in [1.54, 1.807) is 0 Å². The van der Waals surface area contributed by atoms with E-state index in [-0.39, 0.29) is 11.9 Å². The minimum absolute atomic E-state index is 0.0133. The van der Waals surface area contributed by atoms with Crippen molar-refractivity contribution in [1.29, 1.82) is 0 Å². The van der Waals surface area contributed by atoms with Crippen molar-refractivity contribution in [2.75, 3.05) is 32.7 Å². The summed E-state index contributed by atoms with van der Waals surface area (Å²) in [5.41, 5.74) is 0. The molecule has 4 nitrogen and oxygen atoms in total. The quantitative estimate of drug-likeness (QED) is 0.724. The van der Waals surface area contributed by atoms with Crippen molar-refractivity contribution in [3.05, 3.63) is 0 Å². The Morgan fingerprint density at radius 1 is 1.41 bits per heavy atom. The maximum atomic E-state index is 11.8. The zero-order valence-electron chi connectivity index (χ0n) is 11.5. The van der Waals surface area contributed by atoms with Gasteiger partial charge < -0.3 is 10.6 Å². The average Bonchev–Trinajstić information content (AvgIpc) is 2.36. The first kappa shape index (κ1) is 14.5. The van der Waals surface area contributed by atoms with Gasteiger partial charge in [0, 0.05) is 13.1 Å². The van der Waals surface area contributed by atoms with Crippen LogP contribution in [0.2, 0.25) is 0 Å². The van der Waals surface area contributed by atoms with Crippen LogP contribution in [0.3, 0.4) is 0 Å². The normalized spacial score (nSPS) is 23.4. The van der Waals surface area contributed by atoms with Gasteiger partial charge in [-0.1, -0.05) is 6.92 Å². The van der Waals surface area contributed by atoms with Gasteiger partial charge in [-0.3, -0.25) is 9.69 Å². The molecular formula is C13H27N3O. The summed E-state index contributed by atoms with van der Waals surface area (Å²) in [6, 6.07) is 0.0133. The topological polar surface area (TPSA) is 44.4 Å². The Kier molecular flexibility index (Phi) is 6.52. The number of likely N-dealkylation sites (tertiary alicyclic amines) is 1. The van der Waals surface area contributed by atoms with E-state index in [9.17, 15) is 4.79 Å². The summed E-state index contributed by atoms with van der Waals surface area (Å²) in [7, 11) is 0. The van der Waals surface area contributed by atoms with Crippen LogP contribution in [0.15, 0.2) is 0 Å². The van der Waals surface area contributed by atoms with Gasteiger partial charge in [0.2, 0.25) is 5.91 Å². The van der Waals surface area contributed by atoms with Gasteiger partial charge in [-0.25, -0.2) is 0 Å². The molecule has 2 N–H and O–H groups in total. The average molecular weight is 241 g/mol. The van der Waals surface area contributed by atoms with Gasteiger partial charge in [0.15, 0.2) is 0 Å². The van der Waals surface area contributed by atoms with Crippen molar-refractivity contribution in [1.82, 2.24) is 15.5 Å². The largest absolute Gasteiger partial charge is 0.355 e. The molecule has 1 amide bonds. The molecule has 1 saturated heterocycles. The van der Waals surface area contributed by atoms with Crippen LogP contribution in [0.25, 0.3) is 0 Å². The van der Waals surface area contributed by atoms with E-state index in [0.717, 1.165) is 32.7 Å². The highest BCUT2D eigenvalue weighted by atomic mass is 16.2. The van der Waals surface area contributed by atoms with Crippen molar-refractivity contribution >= 4 is 5.91 Å². The number of hydrogen-bond acceptors (Lipinski definition) is 3. The molecule has 0 aromatic carbocycles. The number of likely N-dealkylation sites (N-methyl/N-ethyl adjacent to an activating group) is 1. The number of carbonyl (C=O) groups is 1. The lowest BCUT2D eigenvalue weighted by Gasteiger charge is -2.36. The van der Waals surface area contributed by atoms with Gasteiger partial charge in [0.05, 0.1) is 6.04 Å². The number of rotatable bonds is 6. The predicted octanol–water partition coefficient (Wildman–Crippen LogP) is 0.833. The van der Waals surface area contributed by atoms with Crippen LogP contribution < -0.4 is 10.6 Å². The predicted molar refractivity (Wildman–Crippen MR) is 71.0 cm³/mol. The van der Waals surface area contributed by atoms with E-state index in [0.29, 0.717) is 5.92 Å². The summed E-state index contributed by atoms with van der Waals surface area (Å²) in [6.07, 6.45) is 2.49. The standard InChI is InChI=1S/C13H27N3O/c1-4-14-9-12-7-6-8-16(10-12)11(3)13(17)15-5-2/h11-12,14H,4-10H2,1-3H3,(H,15,17). The third-order valence-corrected chi connectivity index (χ3v) is 3.51. The second-order valence-corrected chi connectivity index (χ2v) is 4.88. The fourth-order valence-corrected chi connectivity index (χ4v) is 2.45. The second-order valence-electron chi connectivity index (χ2n) is 4.88. The molecule has 2 atom stereocenters. The van der Waals surface area contributed by atoms with Gasteiger partial charge in [-0.05, 0) is 52.2 Å². The number of piperidine rings is 1. The maximum absolute atomic E-state index is 11.8. The number of nitrogens with one attached hydrogen (secondary N) is 2. The van der Waals surface area contributed by atoms with Gasteiger partial charge in [-0.2, -0.15) is 0 Å². The molecule has 1 aliphatic heterocycles. The van der Waals surface area contributed by atoms with Crippen LogP contribution in [0, 0.1) is 5.92 Å². The van der Waals surface area contributed by atoms with Crippen LogP contribution in [-0.4, -0.2) is 49.6 Å². The Morgan fingerprint density at radius 3 is 2.82 bits per heavy atom. The molecule has 0 aliphatic carbocycles. The first-order valence-electron chi connectivity index (χ1n) is 6.91. The van der Waals surface area contributed by atoms with Gasteiger partial charge in [-0.15, -0.1) is 0 Å². The molecule has 1 aliphatic rings. The number of hydrogen-bond donors (Lipinski definition) is 2. The highest BCUT2D eigenvalue weighted by Crippen LogP contribution is 2.17. The molecule has 1 rings (SSSR count). The third kappa shape index (κ3) is 4.64. The second kappa shape index (κ2) is 7.67. The number of amides is 1. The lowest BCUT2D eigenvalue weighted by molar-refractivity contribution is -0.126. The van der Waals surface area contributed by atoms with Crippen LogP contribution in [0.1, 0.15) is 33.6 Å². The van der Waals surface area contributed by atoms with Gasteiger partial charge in [0.1, 0.15) is 0 Å². The number of nitrogens with zero attached hydrogens (tertiary/aromatic N) is 1. The molecule has 1 heterocycles. The highest BCUT2D eigenvalue weighted by Gasteiger charge is 2.26. The number of carbonyl (C=O) groups excluding carboxylic acids is 1. The first-order chi connectivity index (χ1) is 8.19. The SMILES string of the molecule is CCNCC1CCCN(C(C)C(=O)NCC)C1. The summed E-state index contributed by atoms with van der Waals surface area (Å²) in [4.78, 5) is 14.1. The minimum atomic E-state index is 0.0133. The zero-order valence-corrected chi connectivity index (χ0v) is 11.5. The Morgan fingerprint density at radius 2 is 2.18 bits per heavy atom.